The van der Waals surface area contributed by atoms with Crippen LogP contribution in [0.1, 0.15) is 38.2 Å². The molecule has 1 fully saturated rings. The van der Waals surface area contributed by atoms with E-state index < -0.39 is 0 Å². The van der Waals surface area contributed by atoms with Crippen molar-refractivity contribution in [3.8, 4) is 0 Å². The van der Waals surface area contributed by atoms with Crippen molar-refractivity contribution < 1.29 is 4.39 Å². The first kappa shape index (κ1) is 12.6. The molecule has 0 amide bonds. The molecular weight excluding hydrogens is 213 g/mol. The molecule has 1 aromatic carbocycles. The van der Waals surface area contributed by atoms with Crippen molar-refractivity contribution in [3.05, 3.63) is 35.6 Å². The number of hydrogen-bond acceptors (Lipinski definition) is 1. The molecule has 1 saturated carbocycles. The first-order valence-electron chi connectivity index (χ1n) is 6.78. The smallest absolute Gasteiger partial charge is 0.126 e. The lowest BCUT2D eigenvalue weighted by Gasteiger charge is -2.24. The number of rotatable bonds is 5. The second-order valence-electron chi connectivity index (χ2n) is 5.00. The second kappa shape index (κ2) is 6.15. The summed E-state index contributed by atoms with van der Waals surface area (Å²) in [4.78, 5) is 0. The highest BCUT2D eigenvalue weighted by Gasteiger charge is 2.24. The molecule has 1 aliphatic carbocycles. The molecule has 94 valence electrons. The summed E-state index contributed by atoms with van der Waals surface area (Å²) >= 11 is 0. The Hall–Kier alpha value is -0.890. The molecule has 1 nitrogen and oxygen atoms in total. The highest BCUT2D eigenvalue weighted by molar-refractivity contribution is 5.18. The maximum absolute atomic E-state index is 13.6. The van der Waals surface area contributed by atoms with Crippen molar-refractivity contribution in [2.45, 2.75) is 45.1 Å². The van der Waals surface area contributed by atoms with E-state index in [1.165, 1.54) is 25.7 Å². The summed E-state index contributed by atoms with van der Waals surface area (Å²) in [5.41, 5.74) is 0.852. The average molecular weight is 235 g/mol. The van der Waals surface area contributed by atoms with Gasteiger partial charge in [-0.1, -0.05) is 38.0 Å². The second-order valence-corrected chi connectivity index (χ2v) is 5.00. The topological polar surface area (TPSA) is 12.0 Å². The van der Waals surface area contributed by atoms with Gasteiger partial charge in [-0.25, -0.2) is 4.39 Å². The summed E-state index contributed by atoms with van der Waals surface area (Å²) < 4.78 is 13.6. The molecule has 1 N–H and O–H groups in total. The van der Waals surface area contributed by atoms with E-state index >= 15 is 0 Å². The fourth-order valence-electron chi connectivity index (χ4n) is 2.93. The molecule has 17 heavy (non-hydrogen) atoms. The van der Waals surface area contributed by atoms with Crippen molar-refractivity contribution in [3.63, 3.8) is 0 Å². The normalized spacial score (nSPS) is 18.5. The van der Waals surface area contributed by atoms with Gasteiger partial charge in [0, 0.05) is 6.04 Å². The Labute approximate surface area is 103 Å². The van der Waals surface area contributed by atoms with Crippen LogP contribution in [0.25, 0.3) is 0 Å². The van der Waals surface area contributed by atoms with Crippen LogP contribution in [0, 0.1) is 11.7 Å². The van der Waals surface area contributed by atoms with Gasteiger partial charge in [-0.15, -0.1) is 0 Å². The minimum atomic E-state index is -0.0617. The Morgan fingerprint density at radius 3 is 2.65 bits per heavy atom. The molecule has 1 aromatic rings. The van der Waals surface area contributed by atoms with Crippen LogP contribution in [-0.2, 0) is 6.42 Å². The maximum atomic E-state index is 13.6. The first-order chi connectivity index (χ1) is 8.31. The van der Waals surface area contributed by atoms with Crippen LogP contribution in [0.15, 0.2) is 24.3 Å². The molecule has 0 aromatic heterocycles. The van der Waals surface area contributed by atoms with E-state index in [-0.39, 0.29) is 5.82 Å². The number of nitrogens with one attached hydrogen (secondary N) is 1. The molecule has 2 heteroatoms. The number of halogens is 1. The van der Waals surface area contributed by atoms with E-state index in [0.29, 0.717) is 6.04 Å². The van der Waals surface area contributed by atoms with E-state index in [0.717, 1.165) is 24.4 Å². The predicted molar refractivity (Wildman–Crippen MR) is 69.5 cm³/mol. The standard InChI is InChI=1S/C15H22FN/c1-2-17-15(12-7-3-4-8-12)11-13-9-5-6-10-14(13)16/h5-6,9-10,12,15,17H,2-4,7-8,11H2,1H3. The Bertz CT molecular complexity index is 345. The molecule has 0 aliphatic heterocycles. The Morgan fingerprint density at radius 1 is 1.29 bits per heavy atom. The van der Waals surface area contributed by atoms with Gasteiger partial charge in [-0.3, -0.25) is 0 Å². The third kappa shape index (κ3) is 3.29. The van der Waals surface area contributed by atoms with E-state index in [4.69, 9.17) is 0 Å². The summed E-state index contributed by atoms with van der Waals surface area (Å²) in [6.07, 6.45) is 6.09. The molecule has 1 aliphatic rings. The highest BCUT2D eigenvalue weighted by atomic mass is 19.1. The minimum Gasteiger partial charge on any atom is -0.314 e. The molecule has 2 rings (SSSR count). The molecule has 1 atom stereocenters. The van der Waals surface area contributed by atoms with Crippen molar-refractivity contribution >= 4 is 0 Å². The third-order valence-corrected chi connectivity index (χ3v) is 3.83. The lowest BCUT2D eigenvalue weighted by atomic mass is 9.92. The van der Waals surface area contributed by atoms with Crippen LogP contribution in [0.2, 0.25) is 0 Å². The van der Waals surface area contributed by atoms with Crippen molar-refractivity contribution in [1.29, 1.82) is 0 Å². The third-order valence-electron chi connectivity index (χ3n) is 3.83. The van der Waals surface area contributed by atoms with Crippen LogP contribution in [0.3, 0.4) is 0 Å². The Balaban J connectivity index is 2.04. The SMILES string of the molecule is CCNC(Cc1ccccc1F)C1CCCC1. The molecule has 0 bridgehead atoms. The van der Waals surface area contributed by atoms with E-state index in [2.05, 4.69) is 12.2 Å². The summed E-state index contributed by atoms with van der Waals surface area (Å²) in [6, 6.07) is 7.60. The first-order valence-corrected chi connectivity index (χ1v) is 6.78. The zero-order valence-electron chi connectivity index (χ0n) is 10.6. The fourth-order valence-corrected chi connectivity index (χ4v) is 2.93. The summed E-state index contributed by atoms with van der Waals surface area (Å²) in [5.74, 6) is 0.669. The molecule has 1 unspecified atom stereocenters. The average Bonchev–Trinajstić information content (AvgIpc) is 2.85. The Morgan fingerprint density at radius 2 is 2.00 bits per heavy atom. The Kier molecular flexibility index (Phi) is 4.55. The van der Waals surface area contributed by atoms with Gasteiger partial charge in [-0.2, -0.15) is 0 Å². The van der Waals surface area contributed by atoms with Crippen LogP contribution >= 0.6 is 0 Å². The maximum Gasteiger partial charge on any atom is 0.126 e. The van der Waals surface area contributed by atoms with Crippen LogP contribution in [0.5, 0.6) is 0 Å². The summed E-state index contributed by atoms with van der Waals surface area (Å²) in [6.45, 7) is 3.10. The van der Waals surface area contributed by atoms with Gasteiger partial charge in [-0.05, 0) is 43.4 Å². The van der Waals surface area contributed by atoms with Gasteiger partial charge >= 0.3 is 0 Å². The van der Waals surface area contributed by atoms with Gasteiger partial charge in [0.1, 0.15) is 5.82 Å². The lowest BCUT2D eigenvalue weighted by Crippen LogP contribution is -2.37. The monoisotopic (exact) mass is 235 g/mol. The molecule has 0 heterocycles. The van der Waals surface area contributed by atoms with Crippen LogP contribution < -0.4 is 5.32 Å². The zero-order chi connectivity index (χ0) is 12.1. The minimum absolute atomic E-state index is 0.0617. The van der Waals surface area contributed by atoms with Crippen molar-refractivity contribution in [2.24, 2.45) is 5.92 Å². The molecule has 0 saturated heterocycles. The van der Waals surface area contributed by atoms with E-state index in [1.54, 1.807) is 12.1 Å². The molecular formula is C15H22FN. The molecule has 0 radical (unpaired) electrons. The van der Waals surface area contributed by atoms with Crippen LogP contribution in [-0.4, -0.2) is 12.6 Å². The van der Waals surface area contributed by atoms with Gasteiger partial charge in [0.05, 0.1) is 0 Å². The molecule has 0 spiro atoms. The van der Waals surface area contributed by atoms with Crippen LogP contribution in [0.4, 0.5) is 4.39 Å². The fraction of sp³-hybridized carbons (Fsp3) is 0.600. The van der Waals surface area contributed by atoms with Gasteiger partial charge in [0.15, 0.2) is 0 Å². The zero-order valence-corrected chi connectivity index (χ0v) is 10.6. The summed E-state index contributed by atoms with van der Waals surface area (Å²) in [7, 11) is 0. The number of benzene rings is 1. The van der Waals surface area contributed by atoms with E-state index in [1.807, 2.05) is 12.1 Å². The summed E-state index contributed by atoms with van der Waals surface area (Å²) in [5, 5.41) is 3.53. The largest absolute Gasteiger partial charge is 0.314 e. The van der Waals surface area contributed by atoms with Gasteiger partial charge < -0.3 is 5.32 Å². The highest BCUT2D eigenvalue weighted by Crippen LogP contribution is 2.29. The predicted octanol–water partition coefficient (Wildman–Crippen LogP) is 3.54. The number of hydrogen-bond donors (Lipinski definition) is 1. The van der Waals surface area contributed by atoms with Crippen molar-refractivity contribution in [2.75, 3.05) is 6.54 Å². The quantitative estimate of drug-likeness (QED) is 0.823. The van der Waals surface area contributed by atoms with E-state index in [9.17, 15) is 4.39 Å². The van der Waals surface area contributed by atoms with Gasteiger partial charge in [0.25, 0.3) is 0 Å². The van der Waals surface area contributed by atoms with Gasteiger partial charge in [0.2, 0.25) is 0 Å². The van der Waals surface area contributed by atoms with Crippen molar-refractivity contribution in [1.82, 2.24) is 5.32 Å². The number of likely N-dealkylation sites (N-methyl/N-ethyl adjacent to an activating group) is 1. The lowest BCUT2D eigenvalue weighted by molar-refractivity contribution is 0.359.